The second-order valence-corrected chi connectivity index (χ2v) is 4.58. The Morgan fingerprint density at radius 1 is 1.30 bits per heavy atom. The molecule has 0 saturated carbocycles. The van der Waals surface area contributed by atoms with Crippen LogP contribution in [-0.4, -0.2) is 25.4 Å². The summed E-state index contributed by atoms with van der Waals surface area (Å²) in [5.74, 6) is -0.591. The minimum atomic E-state index is -0.591. The van der Waals surface area contributed by atoms with E-state index in [1.54, 1.807) is 6.33 Å². The molecular weight excluding hydrogens is 254 g/mol. The lowest BCUT2D eigenvalue weighted by molar-refractivity contribution is 0.0995. The SMILES string of the molecule is Cc1ncc(C(N)=O)nc1-c1cccc2c1ncn2C. The van der Waals surface area contributed by atoms with E-state index in [-0.39, 0.29) is 5.69 Å². The number of nitrogens with two attached hydrogens (primary N) is 1. The number of hydrogen-bond acceptors (Lipinski definition) is 4. The first-order valence-corrected chi connectivity index (χ1v) is 6.12. The van der Waals surface area contributed by atoms with E-state index in [1.165, 1.54) is 6.20 Å². The number of primary amides is 1. The van der Waals surface area contributed by atoms with Crippen LogP contribution in [0.25, 0.3) is 22.3 Å². The van der Waals surface area contributed by atoms with Gasteiger partial charge < -0.3 is 10.3 Å². The van der Waals surface area contributed by atoms with E-state index in [2.05, 4.69) is 15.0 Å². The Balaban J connectivity index is 2.30. The van der Waals surface area contributed by atoms with E-state index in [0.29, 0.717) is 5.69 Å². The summed E-state index contributed by atoms with van der Waals surface area (Å²) < 4.78 is 1.93. The van der Waals surface area contributed by atoms with Crippen LogP contribution in [0.15, 0.2) is 30.7 Å². The summed E-state index contributed by atoms with van der Waals surface area (Å²) in [6.45, 7) is 1.84. The van der Waals surface area contributed by atoms with Crippen molar-refractivity contribution >= 4 is 16.9 Å². The van der Waals surface area contributed by atoms with Crippen molar-refractivity contribution in [1.29, 1.82) is 0 Å². The maximum atomic E-state index is 11.3. The van der Waals surface area contributed by atoms with Crippen LogP contribution >= 0.6 is 0 Å². The van der Waals surface area contributed by atoms with Crippen LogP contribution < -0.4 is 5.73 Å². The summed E-state index contributed by atoms with van der Waals surface area (Å²) in [4.78, 5) is 24.2. The predicted octanol–water partition coefficient (Wildman–Crippen LogP) is 1.44. The highest BCUT2D eigenvalue weighted by molar-refractivity contribution is 5.94. The lowest BCUT2D eigenvalue weighted by Gasteiger charge is -2.07. The van der Waals surface area contributed by atoms with Gasteiger partial charge in [0.15, 0.2) is 0 Å². The number of aryl methyl sites for hydroxylation is 2. The van der Waals surface area contributed by atoms with Crippen molar-refractivity contribution in [2.24, 2.45) is 12.8 Å². The predicted molar refractivity (Wildman–Crippen MR) is 75.0 cm³/mol. The minimum absolute atomic E-state index is 0.151. The average Bonchev–Trinajstić information content (AvgIpc) is 2.81. The molecule has 3 aromatic rings. The third-order valence-electron chi connectivity index (χ3n) is 3.22. The molecule has 6 nitrogen and oxygen atoms in total. The van der Waals surface area contributed by atoms with Gasteiger partial charge in [-0.1, -0.05) is 12.1 Å². The highest BCUT2D eigenvalue weighted by Gasteiger charge is 2.14. The summed E-state index contributed by atoms with van der Waals surface area (Å²) >= 11 is 0. The molecule has 6 heteroatoms. The lowest BCUT2D eigenvalue weighted by atomic mass is 10.1. The summed E-state index contributed by atoms with van der Waals surface area (Å²) in [7, 11) is 1.93. The number of carbonyl (C=O) groups is 1. The summed E-state index contributed by atoms with van der Waals surface area (Å²) in [5.41, 5.74) is 9.44. The fourth-order valence-electron chi connectivity index (χ4n) is 2.17. The van der Waals surface area contributed by atoms with Crippen molar-refractivity contribution < 1.29 is 4.79 Å². The van der Waals surface area contributed by atoms with E-state index in [9.17, 15) is 4.79 Å². The largest absolute Gasteiger partial charge is 0.364 e. The Labute approximate surface area is 115 Å². The highest BCUT2D eigenvalue weighted by atomic mass is 16.1. The van der Waals surface area contributed by atoms with Crippen molar-refractivity contribution in [2.45, 2.75) is 6.92 Å². The van der Waals surface area contributed by atoms with Gasteiger partial charge in [-0.3, -0.25) is 9.78 Å². The first-order chi connectivity index (χ1) is 9.58. The molecule has 20 heavy (non-hydrogen) atoms. The average molecular weight is 267 g/mol. The first-order valence-electron chi connectivity index (χ1n) is 6.12. The van der Waals surface area contributed by atoms with Crippen molar-refractivity contribution in [2.75, 3.05) is 0 Å². The molecule has 1 amide bonds. The number of aromatic nitrogens is 4. The molecule has 2 N–H and O–H groups in total. The van der Waals surface area contributed by atoms with Crippen molar-refractivity contribution in [3.05, 3.63) is 42.1 Å². The molecule has 0 atom stereocenters. The smallest absolute Gasteiger partial charge is 0.268 e. The van der Waals surface area contributed by atoms with E-state index in [1.807, 2.05) is 36.7 Å². The van der Waals surface area contributed by atoms with E-state index in [4.69, 9.17) is 5.73 Å². The Hall–Kier alpha value is -2.76. The van der Waals surface area contributed by atoms with Crippen LogP contribution in [0.4, 0.5) is 0 Å². The number of hydrogen-bond donors (Lipinski definition) is 1. The van der Waals surface area contributed by atoms with Gasteiger partial charge in [0.1, 0.15) is 5.69 Å². The van der Waals surface area contributed by atoms with Gasteiger partial charge in [0, 0.05) is 12.6 Å². The number of fused-ring (bicyclic) bond motifs is 1. The van der Waals surface area contributed by atoms with Gasteiger partial charge in [-0.2, -0.15) is 0 Å². The van der Waals surface area contributed by atoms with E-state index in [0.717, 1.165) is 22.3 Å². The molecule has 0 aliphatic heterocycles. The molecule has 3 rings (SSSR count). The second kappa shape index (κ2) is 4.41. The Morgan fingerprint density at radius 2 is 2.10 bits per heavy atom. The van der Waals surface area contributed by atoms with Gasteiger partial charge in [-0.05, 0) is 13.0 Å². The molecule has 2 aromatic heterocycles. The molecule has 0 unspecified atom stereocenters. The van der Waals surface area contributed by atoms with Crippen LogP contribution in [0.1, 0.15) is 16.2 Å². The number of benzene rings is 1. The van der Waals surface area contributed by atoms with Gasteiger partial charge in [0.05, 0.1) is 34.9 Å². The standard InChI is InChI=1S/C14H13N5O/c1-8-12(18-10(6-16-8)14(15)20)9-4-3-5-11-13(9)17-7-19(11)2/h3-7H,1-2H3,(H2,15,20). The molecule has 0 aliphatic carbocycles. The Bertz CT molecular complexity index is 822. The number of amides is 1. The molecule has 1 aromatic carbocycles. The lowest BCUT2D eigenvalue weighted by Crippen LogP contribution is -2.14. The molecule has 100 valence electrons. The van der Waals surface area contributed by atoms with Crippen LogP contribution in [-0.2, 0) is 7.05 Å². The Kier molecular flexibility index (Phi) is 2.71. The quantitative estimate of drug-likeness (QED) is 0.761. The van der Waals surface area contributed by atoms with Crippen LogP contribution in [0.5, 0.6) is 0 Å². The number of rotatable bonds is 2. The molecule has 0 fully saturated rings. The number of imidazole rings is 1. The van der Waals surface area contributed by atoms with Gasteiger partial charge in [-0.15, -0.1) is 0 Å². The molecule has 0 radical (unpaired) electrons. The molecule has 0 bridgehead atoms. The highest BCUT2D eigenvalue weighted by Crippen LogP contribution is 2.27. The third kappa shape index (κ3) is 1.82. The second-order valence-electron chi connectivity index (χ2n) is 4.58. The van der Waals surface area contributed by atoms with Crippen LogP contribution in [0.2, 0.25) is 0 Å². The van der Waals surface area contributed by atoms with Gasteiger partial charge in [-0.25, -0.2) is 9.97 Å². The Morgan fingerprint density at radius 3 is 2.85 bits per heavy atom. The molecular formula is C14H13N5O. The van der Waals surface area contributed by atoms with Crippen LogP contribution in [0.3, 0.4) is 0 Å². The van der Waals surface area contributed by atoms with Crippen LogP contribution in [0, 0.1) is 6.92 Å². The number of carbonyl (C=O) groups excluding carboxylic acids is 1. The van der Waals surface area contributed by atoms with E-state index >= 15 is 0 Å². The van der Waals surface area contributed by atoms with Crippen molar-refractivity contribution in [3.63, 3.8) is 0 Å². The molecule has 0 aliphatic rings. The van der Waals surface area contributed by atoms with Crippen molar-refractivity contribution in [1.82, 2.24) is 19.5 Å². The molecule has 0 spiro atoms. The third-order valence-corrected chi connectivity index (χ3v) is 3.22. The maximum absolute atomic E-state index is 11.3. The zero-order chi connectivity index (χ0) is 14.3. The zero-order valence-corrected chi connectivity index (χ0v) is 11.2. The monoisotopic (exact) mass is 267 g/mol. The van der Waals surface area contributed by atoms with Crippen molar-refractivity contribution in [3.8, 4) is 11.3 Å². The van der Waals surface area contributed by atoms with Gasteiger partial charge >= 0.3 is 0 Å². The summed E-state index contributed by atoms with van der Waals surface area (Å²) in [5, 5.41) is 0. The first kappa shape index (κ1) is 12.3. The molecule has 0 saturated heterocycles. The zero-order valence-electron chi connectivity index (χ0n) is 11.2. The fourth-order valence-corrected chi connectivity index (χ4v) is 2.17. The fraction of sp³-hybridized carbons (Fsp3) is 0.143. The normalized spacial score (nSPS) is 10.9. The summed E-state index contributed by atoms with van der Waals surface area (Å²) in [6, 6.07) is 5.82. The number of nitrogens with zero attached hydrogens (tertiary/aromatic N) is 4. The minimum Gasteiger partial charge on any atom is -0.364 e. The number of para-hydroxylation sites is 1. The summed E-state index contributed by atoms with van der Waals surface area (Å²) in [6.07, 6.45) is 3.13. The van der Waals surface area contributed by atoms with Gasteiger partial charge in [0.25, 0.3) is 5.91 Å². The molecule has 2 heterocycles. The van der Waals surface area contributed by atoms with E-state index < -0.39 is 5.91 Å². The van der Waals surface area contributed by atoms with Gasteiger partial charge in [0.2, 0.25) is 0 Å². The maximum Gasteiger partial charge on any atom is 0.268 e. The topological polar surface area (TPSA) is 86.7 Å².